The van der Waals surface area contributed by atoms with Gasteiger partial charge >= 0.3 is 0 Å². The van der Waals surface area contributed by atoms with Crippen molar-refractivity contribution in [3.05, 3.63) is 33.8 Å². The number of aryl methyl sites for hydroxylation is 1. The van der Waals surface area contributed by atoms with Crippen LogP contribution in [0.3, 0.4) is 0 Å². The lowest BCUT2D eigenvalue weighted by Gasteiger charge is -2.18. The number of amides is 1. The lowest BCUT2D eigenvalue weighted by Crippen LogP contribution is -2.32. The van der Waals surface area contributed by atoms with Gasteiger partial charge in [-0.15, -0.1) is 11.3 Å². The van der Waals surface area contributed by atoms with Crippen LogP contribution in [0.25, 0.3) is 5.57 Å². The molecule has 3 nitrogen and oxygen atoms in total. The zero-order valence-corrected chi connectivity index (χ0v) is 16.0. The number of thiazole rings is 1. The Morgan fingerprint density at radius 2 is 2.08 bits per heavy atom. The molecule has 1 heterocycles. The molecule has 1 aliphatic rings. The van der Waals surface area contributed by atoms with E-state index in [9.17, 15) is 4.79 Å². The number of aromatic nitrogens is 1. The molecule has 1 N–H and O–H groups in total. The Labute approximate surface area is 150 Å². The number of carbonyl (C=O) groups is 1. The minimum Gasteiger partial charge on any atom is -0.352 e. The van der Waals surface area contributed by atoms with Crippen LogP contribution in [0.2, 0.25) is 0 Å². The van der Waals surface area contributed by atoms with E-state index >= 15 is 0 Å². The summed E-state index contributed by atoms with van der Waals surface area (Å²) in [6.45, 7) is 7.10. The van der Waals surface area contributed by atoms with Crippen molar-refractivity contribution in [3.63, 3.8) is 0 Å². The molecule has 0 radical (unpaired) electrons. The average molecular weight is 347 g/mol. The molecule has 0 bridgehead atoms. The summed E-state index contributed by atoms with van der Waals surface area (Å²) < 4.78 is 0. The molecule has 0 saturated carbocycles. The molecule has 0 saturated heterocycles. The average Bonchev–Trinajstić information content (AvgIpc) is 3.03. The summed E-state index contributed by atoms with van der Waals surface area (Å²) in [5.74, 6) is 0.421. The summed E-state index contributed by atoms with van der Waals surface area (Å²) in [6, 6.07) is 0. The van der Waals surface area contributed by atoms with Gasteiger partial charge in [0.05, 0.1) is 16.1 Å². The number of hydrogen-bond acceptors (Lipinski definition) is 3. The second kappa shape index (κ2) is 9.77. The summed E-state index contributed by atoms with van der Waals surface area (Å²) in [6.07, 6.45) is 11.8. The molecule has 1 aromatic heterocycles. The molecule has 1 atom stereocenters. The molecule has 0 spiro atoms. The first-order chi connectivity index (χ1) is 11.7. The van der Waals surface area contributed by atoms with Crippen LogP contribution < -0.4 is 5.32 Å². The number of rotatable bonds is 9. The monoisotopic (exact) mass is 346 g/mol. The van der Waals surface area contributed by atoms with Gasteiger partial charge in [0, 0.05) is 12.5 Å². The fraction of sp³-hybridized carbons (Fsp3) is 0.600. The second-order valence-electron chi connectivity index (χ2n) is 6.63. The van der Waals surface area contributed by atoms with E-state index in [2.05, 4.69) is 43.2 Å². The minimum atomic E-state index is 0.185. The molecule has 2 rings (SSSR count). The largest absolute Gasteiger partial charge is 0.352 e. The van der Waals surface area contributed by atoms with Crippen LogP contribution in [-0.2, 0) is 4.79 Å². The van der Waals surface area contributed by atoms with E-state index in [-0.39, 0.29) is 11.8 Å². The van der Waals surface area contributed by atoms with Gasteiger partial charge in [0.25, 0.3) is 0 Å². The maximum absolute atomic E-state index is 12.4. The molecule has 4 heteroatoms. The lowest BCUT2D eigenvalue weighted by atomic mass is 9.95. The van der Waals surface area contributed by atoms with Crippen LogP contribution in [0.4, 0.5) is 0 Å². The minimum absolute atomic E-state index is 0.185. The lowest BCUT2D eigenvalue weighted by molar-refractivity contribution is -0.125. The second-order valence-corrected chi connectivity index (χ2v) is 7.48. The predicted molar refractivity (Wildman–Crippen MR) is 103 cm³/mol. The van der Waals surface area contributed by atoms with Crippen molar-refractivity contribution < 1.29 is 4.79 Å². The van der Waals surface area contributed by atoms with Crippen LogP contribution in [0.1, 0.15) is 69.4 Å². The third-order valence-electron chi connectivity index (χ3n) is 4.68. The van der Waals surface area contributed by atoms with E-state index in [1.807, 2.05) is 5.51 Å². The Balaban J connectivity index is 1.88. The van der Waals surface area contributed by atoms with Gasteiger partial charge in [0.2, 0.25) is 5.91 Å². The van der Waals surface area contributed by atoms with Crippen molar-refractivity contribution >= 4 is 22.8 Å². The van der Waals surface area contributed by atoms with Gasteiger partial charge in [-0.05, 0) is 38.2 Å². The zero-order valence-electron chi connectivity index (χ0n) is 15.2. The van der Waals surface area contributed by atoms with Crippen molar-refractivity contribution in [2.75, 3.05) is 6.54 Å². The highest BCUT2D eigenvalue weighted by molar-refractivity contribution is 7.10. The quantitative estimate of drug-likeness (QED) is 0.661. The van der Waals surface area contributed by atoms with Crippen LogP contribution in [0, 0.1) is 12.8 Å². The van der Waals surface area contributed by atoms with Gasteiger partial charge in [-0.1, -0.05) is 50.8 Å². The SMILES string of the molecule is CCCCC(CCC)C(=O)NCC1=CC=C(c2scnc2C)CC1. The third-order valence-corrected chi connectivity index (χ3v) is 5.68. The molecule has 0 aromatic carbocycles. The van der Waals surface area contributed by atoms with E-state index < -0.39 is 0 Å². The Hall–Kier alpha value is -1.42. The summed E-state index contributed by atoms with van der Waals surface area (Å²) >= 11 is 1.71. The smallest absolute Gasteiger partial charge is 0.223 e. The Morgan fingerprint density at radius 3 is 2.67 bits per heavy atom. The molecule has 1 amide bonds. The first-order valence-electron chi connectivity index (χ1n) is 9.22. The maximum atomic E-state index is 12.4. The van der Waals surface area contributed by atoms with Gasteiger partial charge in [0.15, 0.2) is 0 Å². The Bertz CT molecular complexity index is 601. The molecular formula is C20H30N2OS. The van der Waals surface area contributed by atoms with Crippen molar-refractivity contribution in [2.24, 2.45) is 5.92 Å². The fourth-order valence-electron chi connectivity index (χ4n) is 3.18. The predicted octanol–water partition coefficient (Wildman–Crippen LogP) is 5.28. The molecule has 1 unspecified atom stereocenters. The standard InChI is InChI=1S/C20H30N2OS/c1-4-6-8-18(7-5-2)20(23)21-13-16-9-11-17(12-10-16)19-15(3)22-14-24-19/h9,11,14,18H,4-8,10,12-13H2,1-3H3,(H,21,23). The zero-order chi connectivity index (χ0) is 17.4. The molecule has 1 aliphatic carbocycles. The van der Waals surface area contributed by atoms with Crippen molar-refractivity contribution in [2.45, 2.75) is 65.7 Å². The number of unbranched alkanes of at least 4 members (excludes halogenated alkanes) is 1. The molecule has 132 valence electrons. The summed E-state index contributed by atoms with van der Waals surface area (Å²) in [5.41, 5.74) is 5.72. The van der Waals surface area contributed by atoms with Crippen molar-refractivity contribution in [3.8, 4) is 0 Å². The number of nitrogens with zero attached hydrogens (tertiary/aromatic N) is 1. The summed E-state index contributed by atoms with van der Waals surface area (Å²) in [5, 5.41) is 3.16. The van der Waals surface area contributed by atoms with Crippen molar-refractivity contribution in [1.29, 1.82) is 0 Å². The van der Waals surface area contributed by atoms with E-state index in [0.717, 1.165) is 50.6 Å². The normalized spacial score (nSPS) is 15.6. The molecule has 1 aromatic rings. The van der Waals surface area contributed by atoms with E-state index in [0.29, 0.717) is 6.54 Å². The van der Waals surface area contributed by atoms with Crippen LogP contribution >= 0.6 is 11.3 Å². The van der Waals surface area contributed by atoms with Gasteiger partial charge < -0.3 is 5.32 Å². The van der Waals surface area contributed by atoms with Crippen LogP contribution in [-0.4, -0.2) is 17.4 Å². The van der Waals surface area contributed by atoms with Crippen molar-refractivity contribution in [1.82, 2.24) is 10.3 Å². The van der Waals surface area contributed by atoms with Crippen LogP contribution in [0.5, 0.6) is 0 Å². The number of allylic oxidation sites excluding steroid dienone is 3. The maximum Gasteiger partial charge on any atom is 0.223 e. The Kier molecular flexibility index (Phi) is 7.70. The third kappa shape index (κ3) is 5.30. The van der Waals surface area contributed by atoms with Gasteiger partial charge in [-0.25, -0.2) is 4.98 Å². The first-order valence-corrected chi connectivity index (χ1v) is 10.1. The number of carbonyl (C=O) groups excluding carboxylic acids is 1. The number of hydrogen-bond donors (Lipinski definition) is 1. The highest BCUT2D eigenvalue weighted by Crippen LogP contribution is 2.30. The van der Waals surface area contributed by atoms with E-state index in [4.69, 9.17) is 0 Å². The molecule has 24 heavy (non-hydrogen) atoms. The summed E-state index contributed by atoms with van der Waals surface area (Å²) in [4.78, 5) is 18.1. The van der Waals surface area contributed by atoms with E-state index in [1.165, 1.54) is 16.0 Å². The van der Waals surface area contributed by atoms with Gasteiger partial charge in [-0.2, -0.15) is 0 Å². The van der Waals surface area contributed by atoms with Gasteiger partial charge in [-0.3, -0.25) is 4.79 Å². The highest BCUT2D eigenvalue weighted by Gasteiger charge is 2.18. The highest BCUT2D eigenvalue weighted by atomic mass is 32.1. The van der Waals surface area contributed by atoms with Gasteiger partial charge in [0.1, 0.15) is 0 Å². The molecule has 0 fully saturated rings. The Morgan fingerprint density at radius 1 is 1.25 bits per heavy atom. The summed E-state index contributed by atoms with van der Waals surface area (Å²) in [7, 11) is 0. The van der Waals surface area contributed by atoms with Crippen LogP contribution in [0.15, 0.2) is 23.2 Å². The molecular weight excluding hydrogens is 316 g/mol. The topological polar surface area (TPSA) is 42.0 Å². The molecule has 0 aliphatic heterocycles. The van der Waals surface area contributed by atoms with E-state index in [1.54, 1.807) is 11.3 Å². The number of nitrogens with one attached hydrogen (secondary N) is 1. The fourth-order valence-corrected chi connectivity index (χ4v) is 4.04. The first kappa shape index (κ1) is 18.9.